The van der Waals surface area contributed by atoms with Gasteiger partial charge in [0.05, 0.1) is 0 Å². The van der Waals surface area contributed by atoms with Crippen molar-refractivity contribution in [3.8, 4) is 0 Å². The molecular weight excluding hydrogens is 232 g/mol. The first-order valence-corrected chi connectivity index (χ1v) is 6.57. The molecule has 1 aliphatic rings. The van der Waals surface area contributed by atoms with Crippen molar-refractivity contribution in [1.82, 2.24) is 0 Å². The van der Waals surface area contributed by atoms with Gasteiger partial charge in [0.1, 0.15) is 0 Å². The Morgan fingerprint density at radius 2 is 1.67 bits per heavy atom. The molecule has 0 heterocycles. The van der Waals surface area contributed by atoms with E-state index < -0.39 is 17.2 Å². The lowest BCUT2D eigenvalue weighted by Crippen LogP contribution is -2.44. The first-order valence-electron chi connectivity index (χ1n) is 6.57. The van der Waals surface area contributed by atoms with Gasteiger partial charge in [0.15, 0.2) is 11.6 Å². The summed E-state index contributed by atoms with van der Waals surface area (Å²) in [7, 11) is 0. The van der Waals surface area contributed by atoms with E-state index in [-0.39, 0.29) is 0 Å². The summed E-state index contributed by atoms with van der Waals surface area (Å²) in [4.78, 5) is 0. The molecule has 2 rings (SSSR count). The first-order chi connectivity index (χ1) is 8.33. The maximum absolute atomic E-state index is 14.1. The van der Waals surface area contributed by atoms with E-state index in [0.717, 1.165) is 19.3 Å². The number of benzene rings is 1. The van der Waals surface area contributed by atoms with Crippen LogP contribution < -0.4 is 5.73 Å². The molecule has 0 spiro atoms. The fraction of sp³-hybridized carbons (Fsp3) is 0.600. The Morgan fingerprint density at radius 3 is 2.22 bits per heavy atom. The van der Waals surface area contributed by atoms with Crippen LogP contribution >= 0.6 is 0 Å². The minimum absolute atomic E-state index is 0.330. The van der Waals surface area contributed by atoms with Crippen LogP contribution in [0.2, 0.25) is 0 Å². The van der Waals surface area contributed by atoms with Gasteiger partial charge in [0.25, 0.3) is 0 Å². The van der Waals surface area contributed by atoms with Gasteiger partial charge in [-0.2, -0.15) is 0 Å². The number of hydrogen-bond donors (Lipinski definition) is 1. The van der Waals surface area contributed by atoms with E-state index in [1.165, 1.54) is 0 Å². The highest BCUT2D eigenvalue weighted by atomic mass is 19.2. The molecule has 2 atom stereocenters. The highest BCUT2D eigenvalue weighted by Gasteiger charge is 2.38. The molecule has 2 unspecified atom stereocenters. The van der Waals surface area contributed by atoms with Crippen molar-refractivity contribution in [2.45, 2.75) is 45.6 Å². The minimum atomic E-state index is -0.765. The molecule has 1 nitrogen and oxygen atoms in total. The molecule has 1 fully saturated rings. The third kappa shape index (κ3) is 2.28. The fourth-order valence-corrected chi connectivity index (χ4v) is 3.43. The molecule has 18 heavy (non-hydrogen) atoms. The summed E-state index contributed by atoms with van der Waals surface area (Å²) >= 11 is 0. The van der Waals surface area contributed by atoms with E-state index in [0.29, 0.717) is 23.0 Å². The van der Waals surface area contributed by atoms with Crippen molar-refractivity contribution in [2.75, 3.05) is 0 Å². The van der Waals surface area contributed by atoms with Gasteiger partial charge in [-0.25, -0.2) is 8.78 Å². The van der Waals surface area contributed by atoms with E-state index in [4.69, 9.17) is 5.73 Å². The van der Waals surface area contributed by atoms with Gasteiger partial charge in [-0.3, -0.25) is 0 Å². The second-order valence-corrected chi connectivity index (χ2v) is 6.07. The van der Waals surface area contributed by atoms with E-state index in [9.17, 15) is 8.78 Å². The number of halogens is 2. The maximum Gasteiger partial charge on any atom is 0.164 e. The molecule has 0 amide bonds. The van der Waals surface area contributed by atoms with E-state index in [1.807, 2.05) is 0 Å². The van der Waals surface area contributed by atoms with Gasteiger partial charge in [0, 0.05) is 11.1 Å². The minimum Gasteiger partial charge on any atom is -0.321 e. The van der Waals surface area contributed by atoms with E-state index in [1.54, 1.807) is 19.1 Å². The van der Waals surface area contributed by atoms with Gasteiger partial charge < -0.3 is 5.73 Å². The van der Waals surface area contributed by atoms with Crippen LogP contribution in [0.5, 0.6) is 0 Å². The molecule has 0 bridgehead atoms. The third-order valence-electron chi connectivity index (χ3n) is 4.04. The summed E-state index contributed by atoms with van der Waals surface area (Å²) in [6, 6.07) is 3.27. The summed E-state index contributed by atoms with van der Waals surface area (Å²) in [6.07, 6.45) is 2.54. The summed E-state index contributed by atoms with van der Waals surface area (Å²) in [6.45, 7) is 5.82. The van der Waals surface area contributed by atoms with Crippen LogP contribution in [0.25, 0.3) is 0 Å². The van der Waals surface area contributed by atoms with Crippen LogP contribution in [0.15, 0.2) is 12.1 Å². The molecule has 3 heteroatoms. The van der Waals surface area contributed by atoms with Crippen molar-refractivity contribution >= 4 is 0 Å². The zero-order valence-electron chi connectivity index (χ0n) is 11.3. The Balaban J connectivity index is 2.44. The normalized spacial score (nSPS) is 32.6. The standard InChI is InChI=1S/C15H21F2N/c1-9-6-10(2)8-15(18,7-9)12-5-4-11(3)13(16)14(12)17/h4-5,9-10H,6-8,18H2,1-3H3. The zero-order valence-corrected chi connectivity index (χ0v) is 11.3. The second kappa shape index (κ2) is 4.61. The lowest BCUT2D eigenvalue weighted by molar-refractivity contribution is 0.178. The molecule has 1 saturated carbocycles. The second-order valence-electron chi connectivity index (χ2n) is 6.07. The van der Waals surface area contributed by atoms with Crippen LogP contribution in [0.4, 0.5) is 8.78 Å². The number of nitrogens with two attached hydrogens (primary N) is 1. The summed E-state index contributed by atoms with van der Waals surface area (Å²) in [5, 5.41) is 0. The molecule has 0 aromatic heterocycles. The maximum atomic E-state index is 14.1. The van der Waals surface area contributed by atoms with Gasteiger partial charge in [-0.05, 0) is 43.6 Å². The predicted molar refractivity (Wildman–Crippen MR) is 69.1 cm³/mol. The molecule has 1 aliphatic carbocycles. The largest absolute Gasteiger partial charge is 0.321 e. The van der Waals surface area contributed by atoms with Crippen molar-refractivity contribution in [3.63, 3.8) is 0 Å². The molecule has 1 aromatic rings. The molecule has 0 aliphatic heterocycles. The smallest absolute Gasteiger partial charge is 0.164 e. The molecular formula is C15H21F2N. The van der Waals surface area contributed by atoms with Crippen molar-refractivity contribution < 1.29 is 8.78 Å². The molecule has 1 aromatic carbocycles. The monoisotopic (exact) mass is 253 g/mol. The molecule has 2 N–H and O–H groups in total. The zero-order chi connectivity index (χ0) is 13.5. The fourth-order valence-electron chi connectivity index (χ4n) is 3.43. The Kier molecular flexibility index (Phi) is 3.45. The number of hydrogen-bond acceptors (Lipinski definition) is 1. The SMILES string of the molecule is Cc1ccc(C2(N)CC(C)CC(C)C2)c(F)c1F. The summed E-state index contributed by atoms with van der Waals surface area (Å²) in [5.41, 5.74) is 6.32. The van der Waals surface area contributed by atoms with Gasteiger partial charge >= 0.3 is 0 Å². The van der Waals surface area contributed by atoms with Crippen molar-refractivity contribution in [3.05, 3.63) is 34.9 Å². The number of rotatable bonds is 1. The van der Waals surface area contributed by atoms with Gasteiger partial charge in [0.2, 0.25) is 0 Å². The third-order valence-corrected chi connectivity index (χ3v) is 4.04. The Hall–Kier alpha value is -0.960. The molecule has 0 saturated heterocycles. The topological polar surface area (TPSA) is 26.0 Å². The van der Waals surface area contributed by atoms with Gasteiger partial charge in [-0.1, -0.05) is 26.0 Å². The Morgan fingerprint density at radius 1 is 1.11 bits per heavy atom. The summed E-state index contributed by atoms with van der Waals surface area (Å²) < 4.78 is 27.8. The highest BCUT2D eigenvalue weighted by molar-refractivity contribution is 5.31. The quantitative estimate of drug-likeness (QED) is 0.807. The van der Waals surface area contributed by atoms with Crippen LogP contribution in [-0.4, -0.2) is 0 Å². The lowest BCUT2D eigenvalue weighted by atomic mass is 9.69. The summed E-state index contributed by atoms with van der Waals surface area (Å²) in [5.74, 6) is -0.632. The Labute approximate surface area is 107 Å². The predicted octanol–water partition coefficient (Wildman–Crippen LogP) is 3.88. The van der Waals surface area contributed by atoms with Crippen LogP contribution in [0.1, 0.15) is 44.2 Å². The van der Waals surface area contributed by atoms with Crippen LogP contribution in [-0.2, 0) is 5.54 Å². The molecule has 0 radical (unpaired) electrons. The number of aryl methyl sites for hydroxylation is 1. The average molecular weight is 253 g/mol. The Bertz CT molecular complexity index is 446. The average Bonchev–Trinajstić information content (AvgIpc) is 2.23. The van der Waals surface area contributed by atoms with Crippen molar-refractivity contribution in [1.29, 1.82) is 0 Å². The van der Waals surface area contributed by atoms with Crippen molar-refractivity contribution in [2.24, 2.45) is 17.6 Å². The lowest BCUT2D eigenvalue weighted by Gasteiger charge is -2.40. The van der Waals surface area contributed by atoms with E-state index in [2.05, 4.69) is 13.8 Å². The highest BCUT2D eigenvalue weighted by Crippen LogP contribution is 2.42. The van der Waals surface area contributed by atoms with Crippen LogP contribution in [0, 0.1) is 30.4 Å². The van der Waals surface area contributed by atoms with Gasteiger partial charge in [-0.15, -0.1) is 0 Å². The van der Waals surface area contributed by atoms with E-state index >= 15 is 0 Å². The first kappa shape index (κ1) is 13.5. The van der Waals surface area contributed by atoms with Crippen LogP contribution in [0.3, 0.4) is 0 Å². The molecule has 100 valence electrons.